The Morgan fingerprint density at radius 3 is 2.13 bits per heavy atom. The van der Waals surface area contributed by atoms with Gasteiger partial charge in [0.15, 0.2) is 0 Å². The fourth-order valence-electron chi connectivity index (χ4n) is 3.75. The van der Waals surface area contributed by atoms with Gasteiger partial charge in [0.1, 0.15) is 17.7 Å². The van der Waals surface area contributed by atoms with Crippen LogP contribution < -0.4 is 10.6 Å². The highest BCUT2D eigenvalue weighted by molar-refractivity contribution is 5.99. The first-order valence-electron chi connectivity index (χ1n) is 12.1. The van der Waals surface area contributed by atoms with Crippen molar-refractivity contribution >= 4 is 23.7 Å². The number of carboxylic acids is 1. The second kappa shape index (κ2) is 13.6. The largest absolute Gasteiger partial charge is 0.480 e. The Hall–Kier alpha value is -3.86. The molecule has 0 aliphatic rings. The van der Waals surface area contributed by atoms with E-state index in [1.807, 2.05) is 0 Å². The molecule has 0 aliphatic heterocycles. The third-order valence-corrected chi connectivity index (χ3v) is 6.00. The lowest BCUT2D eigenvalue weighted by Gasteiger charge is -2.25. The van der Waals surface area contributed by atoms with Crippen molar-refractivity contribution in [1.29, 1.82) is 0 Å². The molecule has 0 unspecified atom stereocenters. The van der Waals surface area contributed by atoms with Crippen LogP contribution in [0.2, 0.25) is 0 Å². The van der Waals surface area contributed by atoms with Crippen molar-refractivity contribution in [2.24, 2.45) is 5.92 Å². The van der Waals surface area contributed by atoms with E-state index < -0.39 is 59.9 Å². The van der Waals surface area contributed by atoms with Crippen LogP contribution in [-0.2, 0) is 16.0 Å². The van der Waals surface area contributed by atoms with E-state index in [2.05, 4.69) is 10.6 Å². The van der Waals surface area contributed by atoms with Crippen molar-refractivity contribution < 1.29 is 38.2 Å². The van der Waals surface area contributed by atoms with Gasteiger partial charge in [-0.15, -0.1) is 0 Å². The van der Waals surface area contributed by atoms with Crippen LogP contribution in [0.15, 0.2) is 42.5 Å². The first-order chi connectivity index (χ1) is 17.8. The number of nitrogens with zero attached hydrogens (tertiary/aromatic N) is 1. The third kappa shape index (κ3) is 8.62. The van der Waals surface area contributed by atoms with E-state index in [-0.39, 0.29) is 29.0 Å². The summed E-state index contributed by atoms with van der Waals surface area (Å²) in [5.41, 5.74) is 0.476. The number of aliphatic hydroxyl groups is 1. The van der Waals surface area contributed by atoms with Gasteiger partial charge in [-0.1, -0.05) is 19.9 Å². The summed E-state index contributed by atoms with van der Waals surface area (Å²) >= 11 is 0. The summed E-state index contributed by atoms with van der Waals surface area (Å²) in [6.45, 7) is 5.46. The number of carbonyl (C=O) groups excluding carboxylic acids is 3. The molecule has 3 atom stereocenters. The molecule has 9 nitrogen and oxygen atoms in total. The van der Waals surface area contributed by atoms with Crippen molar-refractivity contribution in [1.82, 2.24) is 15.5 Å². The molecule has 0 saturated heterocycles. The SMILES string of the molecule is CCN(C)C(=O)c1cccc(C(=O)N[C@@H](Cc2cc(F)cc(F)c2)[C@H](O)CC(=O)N[C@H](C(=O)O)C(C)C)c1. The van der Waals surface area contributed by atoms with Crippen molar-refractivity contribution in [3.63, 3.8) is 0 Å². The van der Waals surface area contributed by atoms with Gasteiger partial charge in [-0.25, -0.2) is 13.6 Å². The highest BCUT2D eigenvalue weighted by Gasteiger charge is 2.29. The molecule has 3 amide bonds. The molecule has 206 valence electrons. The van der Waals surface area contributed by atoms with Crippen LogP contribution in [0.3, 0.4) is 0 Å². The average molecular weight is 534 g/mol. The topological polar surface area (TPSA) is 136 Å². The van der Waals surface area contributed by atoms with Crippen molar-refractivity contribution in [2.75, 3.05) is 13.6 Å². The third-order valence-electron chi connectivity index (χ3n) is 6.00. The molecule has 0 fully saturated rings. The highest BCUT2D eigenvalue weighted by atomic mass is 19.1. The second-order valence-corrected chi connectivity index (χ2v) is 9.36. The average Bonchev–Trinajstić information content (AvgIpc) is 2.84. The summed E-state index contributed by atoms with van der Waals surface area (Å²) in [5, 5.41) is 25.1. The summed E-state index contributed by atoms with van der Waals surface area (Å²) in [4.78, 5) is 50.9. The maximum absolute atomic E-state index is 13.8. The van der Waals surface area contributed by atoms with E-state index in [9.17, 15) is 38.2 Å². The van der Waals surface area contributed by atoms with Gasteiger partial charge in [-0.3, -0.25) is 14.4 Å². The number of hydrogen-bond donors (Lipinski definition) is 4. The zero-order valence-electron chi connectivity index (χ0n) is 21.7. The molecule has 2 rings (SSSR count). The lowest BCUT2D eigenvalue weighted by Crippen LogP contribution is -2.49. The van der Waals surface area contributed by atoms with Gasteiger partial charge >= 0.3 is 5.97 Å². The van der Waals surface area contributed by atoms with E-state index >= 15 is 0 Å². The first kappa shape index (κ1) is 30.4. The van der Waals surface area contributed by atoms with Gasteiger partial charge < -0.3 is 25.7 Å². The minimum Gasteiger partial charge on any atom is -0.480 e. The maximum atomic E-state index is 13.8. The first-order valence-corrected chi connectivity index (χ1v) is 12.1. The number of hydrogen-bond acceptors (Lipinski definition) is 5. The molecule has 2 aromatic rings. The molecule has 38 heavy (non-hydrogen) atoms. The Bertz CT molecular complexity index is 1150. The lowest BCUT2D eigenvalue weighted by molar-refractivity contribution is -0.143. The predicted octanol–water partition coefficient (Wildman–Crippen LogP) is 2.37. The summed E-state index contributed by atoms with van der Waals surface area (Å²) in [6.07, 6.45) is -2.36. The molecule has 0 bridgehead atoms. The summed E-state index contributed by atoms with van der Waals surface area (Å²) in [6, 6.07) is 6.26. The summed E-state index contributed by atoms with van der Waals surface area (Å²) < 4.78 is 27.6. The molecule has 0 saturated carbocycles. The number of aliphatic carboxylic acids is 1. The van der Waals surface area contributed by atoms with E-state index in [1.165, 1.54) is 23.1 Å². The Morgan fingerprint density at radius 1 is 0.974 bits per heavy atom. The quantitative estimate of drug-likeness (QED) is 0.331. The lowest BCUT2D eigenvalue weighted by atomic mass is 9.97. The number of amides is 3. The van der Waals surface area contributed by atoms with Gasteiger partial charge in [0.2, 0.25) is 5.91 Å². The zero-order valence-corrected chi connectivity index (χ0v) is 21.7. The summed E-state index contributed by atoms with van der Waals surface area (Å²) in [7, 11) is 1.61. The predicted molar refractivity (Wildman–Crippen MR) is 135 cm³/mol. The number of carbonyl (C=O) groups is 4. The Kier molecular flexibility index (Phi) is 10.9. The van der Waals surface area contributed by atoms with Crippen molar-refractivity contribution in [3.05, 3.63) is 70.8 Å². The van der Waals surface area contributed by atoms with Crippen LogP contribution >= 0.6 is 0 Å². The standard InChI is InChI=1S/C27H33F2N3O6/c1-5-32(4)26(36)18-8-6-7-17(12-18)25(35)30-21(11-16-9-19(28)13-20(29)10-16)22(33)14-23(34)31-24(15(2)3)27(37)38/h6-10,12-13,15,21-22,24,33H,5,11,14H2,1-4H3,(H,30,35)(H,31,34)(H,37,38)/t21-,22+,24-/m0/s1. The van der Waals surface area contributed by atoms with E-state index in [0.29, 0.717) is 12.6 Å². The van der Waals surface area contributed by atoms with Crippen LogP contribution in [0.25, 0.3) is 0 Å². The van der Waals surface area contributed by atoms with Crippen LogP contribution in [0.4, 0.5) is 8.78 Å². The summed E-state index contributed by atoms with van der Waals surface area (Å²) in [5.74, 6) is -5.16. The van der Waals surface area contributed by atoms with Crippen LogP contribution in [0.1, 0.15) is 53.5 Å². The molecule has 0 aliphatic carbocycles. The highest BCUT2D eigenvalue weighted by Crippen LogP contribution is 2.15. The van der Waals surface area contributed by atoms with Crippen LogP contribution in [-0.4, -0.2) is 70.6 Å². The van der Waals surface area contributed by atoms with Crippen molar-refractivity contribution in [2.45, 2.75) is 51.8 Å². The van der Waals surface area contributed by atoms with Gasteiger partial charge in [0.05, 0.1) is 18.6 Å². The molecule has 0 radical (unpaired) electrons. The second-order valence-electron chi connectivity index (χ2n) is 9.36. The zero-order chi connectivity index (χ0) is 28.6. The monoisotopic (exact) mass is 533 g/mol. The Morgan fingerprint density at radius 2 is 1.58 bits per heavy atom. The number of rotatable bonds is 12. The van der Waals surface area contributed by atoms with E-state index in [4.69, 9.17) is 0 Å². The molecular formula is C27H33F2N3O6. The number of carboxylic acid groups (broad SMARTS) is 1. The smallest absolute Gasteiger partial charge is 0.326 e. The molecule has 0 spiro atoms. The normalized spacial score (nSPS) is 13.4. The number of halogens is 2. The Balaban J connectivity index is 2.28. The maximum Gasteiger partial charge on any atom is 0.326 e. The Labute approximate surface area is 219 Å². The van der Waals surface area contributed by atoms with Crippen molar-refractivity contribution in [3.8, 4) is 0 Å². The minimum absolute atomic E-state index is 0.0955. The van der Waals surface area contributed by atoms with E-state index in [0.717, 1.165) is 12.1 Å². The molecule has 0 aromatic heterocycles. The number of aliphatic hydroxyl groups excluding tert-OH is 1. The fourth-order valence-corrected chi connectivity index (χ4v) is 3.75. The molecule has 0 heterocycles. The fraction of sp³-hybridized carbons (Fsp3) is 0.407. The molecule has 4 N–H and O–H groups in total. The van der Waals surface area contributed by atoms with E-state index in [1.54, 1.807) is 33.9 Å². The molecule has 2 aromatic carbocycles. The van der Waals surface area contributed by atoms with Gasteiger partial charge in [0.25, 0.3) is 11.8 Å². The molecular weight excluding hydrogens is 500 g/mol. The number of benzene rings is 2. The van der Waals surface area contributed by atoms with Crippen LogP contribution in [0, 0.1) is 17.6 Å². The minimum atomic E-state index is -1.54. The van der Waals surface area contributed by atoms with Gasteiger partial charge in [0, 0.05) is 30.8 Å². The number of nitrogens with one attached hydrogen (secondary N) is 2. The van der Waals surface area contributed by atoms with Gasteiger partial charge in [-0.2, -0.15) is 0 Å². The molecule has 11 heteroatoms. The van der Waals surface area contributed by atoms with Crippen LogP contribution in [0.5, 0.6) is 0 Å². The van der Waals surface area contributed by atoms with Gasteiger partial charge in [-0.05, 0) is 55.2 Å².